The van der Waals surface area contributed by atoms with Gasteiger partial charge in [0.25, 0.3) is 0 Å². The van der Waals surface area contributed by atoms with Crippen LogP contribution in [-0.4, -0.2) is 18.0 Å². The van der Waals surface area contributed by atoms with Crippen LogP contribution in [0.2, 0.25) is 0 Å². The second-order valence-electron chi connectivity index (χ2n) is 4.56. The third-order valence-corrected chi connectivity index (χ3v) is 3.33. The maximum atomic E-state index is 13.9. The summed E-state index contributed by atoms with van der Waals surface area (Å²) >= 11 is 0. The smallest absolute Gasteiger partial charge is 0.130 e. The minimum absolute atomic E-state index is 0.247. The Kier molecular flexibility index (Phi) is 4.87. The molecule has 0 aliphatic rings. The Hall–Kier alpha value is -1.72. The lowest BCUT2D eigenvalue weighted by Crippen LogP contribution is -2.33. The van der Waals surface area contributed by atoms with Gasteiger partial charge in [-0.15, -0.1) is 0 Å². The van der Waals surface area contributed by atoms with Gasteiger partial charge in [0.1, 0.15) is 17.4 Å². The standard InChI is InChI=1S/C15H18F2N2O/c1-2-19(10-12-4-3-7-20-12)15(9-18)13-6-5-11(16)8-14(13)17/h3-8,15H,2,9-10,18H2,1H3. The van der Waals surface area contributed by atoms with E-state index >= 15 is 0 Å². The average Bonchev–Trinajstić information content (AvgIpc) is 2.93. The van der Waals surface area contributed by atoms with Gasteiger partial charge in [-0.25, -0.2) is 8.78 Å². The van der Waals surface area contributed by atoms with Crippen LogP contribution in [0.15, 0.2) is 41.0 Å². The molecule has 1 heterocycles. The maximum absolute atomic E-state index is 13.9. The molecule has 20 heavy (non-hydrogen) atoms. The highest BCUT2D eigenvalue weighted by Gasteiger charge is 2.22. The van der Waals surface area contributed by atoms with Crippen molar-refractivity contribution in [3.05, 3.63) is 59.6 Å². The van der Waals surface area contributed by atoms with Crippen molar-refractivity contribution in [2.24, 2.45) is 5.73 Å². The molecule has 2 rings (SSSR count). The molecule has 0 saturated heterocycles. The molecule has 108 valence electrons. The van der Waals surface area contributed by atoms with Gasteiger partial charge in [-0.1, -0.05) is 13.0 Å². The Morgan fingerprint density at radius 3 is 2.65 bits per heavy atom. The molecule has 0 aliphatic carbocycles. The molecule has 1 aromatic carbocycles. The van der Waals surface area contributed by atoms with Crippen molar-refractivity contribution < 1.29 is 13.2 Å². The highest BCUT2D eigenvalue weighted by Crippen LogP contribution is 2.24. The summed E-state index contributed by atoms with van der Waals surface area (Å²) in [5.41, 5.74) is 6.19. The molecule has 0 aliphatic heterocycles. The van der Waals surface area contributed by atoms with Crippen molar-refractivity contribution in [2.45, 2.75) is 19.5 Å². The van der Waals surface area contributed by atoms with Crippen molar-refractivity contribution in [1.29, 1.82) is 0 Å². The molecule has 0 bridgehead atoms. The summed E-state index contributed by atoms with van der Waals surface area (Å²) < 4.78 is 32.2. The Bertz CT molecular complexity index is 543. The summed E-state index contributed by atoms with van der Waals surface area (Å²) in [5.74, 6) is -0.373. The molecular weight excluding hydrogens is 262 g/mol. The first-order chi connectivity index (χ1) is 9.65. The van der Waals surface area contributed by atoms with E-state index in [1.807, 2.05) is 17.9 Å². The lowest BCUT2D eigenvalue weighted by Gasteiger charge is -2.29. The van der Waals surface area contributed by atoms with Gasteiger partial charge >= 0.3 is 0 Å². The van der Waals surface area contributed by atoms with E-state index in [1.165, 1.54) is 12.1 Å². The molecule has 0 amide bonds. The van der Waals surface area contributed by atoms with Crippen LogP contribution in [0.25, 0.3) is 0 Å². The van der Waals surface area contributed by atoms with Crippen LogP contribution in [0, 0.1) is 11.6 Å². The first-order valence-electron chi connectivity index (χ1n) is 6.57. The van der Waals surface area contributed by atoms with Gasteiger partial charge in [-0.2, -0.15) is 0 Å². The number of furan rings is 1. The molecule has 2 N–H and O–H groups in total. The highest BCUT2D eigenvalue weighted by molar-refractivity contribution is 5.23. The number of halogens is 2. The van der Waals surface area contributed by atoms with E-state index in [1.54, 1.807) is 12.3 Å². The monoisotopic (exact) mass is 280 g/mol. The van der Waals surface area contributed by atoms with Crippen LogP contribution in [0.1, 0.15) is 24.3 Å². The lowest BCUT2D eigenvalue weighted by atomic mass is 10.0. The predicted octanol–water partition coefficient (Wildman–Crippen LogP) is 3.08. The minimum atomic E-state index is -0.587. The van der Waals surface area contributed by atoms with E-state index in [0.717, 1.165) is 11.8 Å². The summed E-state index contributed by atoms with van der Waals surface area (Å²) in [5, 5.41) is 0. The summed E-state index contributed by atoms with van der Waals surface area (Å²) in [7, 11) is 0. The predicted molar refractivity (Wildman–Crippen MR) is 72.9 cm³/mol. The zero-order valence-electron chi connectivity index (χ0n) is 11.4. The lowest BCUT2D eigenvalue weighted by molar-refractivity contribution is 0.184. The first kappa shape index (κ1) is 14.7. The van der Waals surface area contributed by atoms with Crippen LogP contribution >= 0.6 is 0 Å². The number of hydrogen-bond acceptors (Lipinski definition) is 3. The van der Waals surface area contributed by atoms with E-state index in [2.05, 4.69) is 0 Å². The van der Waals surface area contributed by atoms with Crippen LogP contribution in [-0.2, 0) is 6.54 Å². The van der Waals surface area contributed by atoms with Crippen LogP contribution < -0.4 is 5.73 Å². The quantitative estimate of drug-likeness (QED) is 0.884. The molecule has 1 unspecified atom stereocenters. The topological polar surface area (TPSA) is 42.4 Å². The molecular formula is C15H18F2N2O. The third kappa shape index (κ3) is 3.23. The van der Waals surface area contributed by atoms with E-state index in [-0.39, 0.29) is 12.6 Å². The first-order valence-corrected chi connectivity index (χ1v) is 6.57. The van der Waals surface area contributed by atoms with Gasteiger partial charge in [0.2, 0.25) is 0 Å². The SMILES string of the molecule is CCN(Cc1ccco1)C(CN)c1ccc(F)cc1F. The zero-order valence-corrected chi connectivity index (χ0v) is 11.4. The number of rotatable bonds is 6. The van der Waals surface area contributed by atoms with Crippen molar-refractivity contribution in [3.8, 4) is 0 Å². The summed E-state index contributed by atoms with van der Waals surface area (Å²) in [6.07, 6.45) is 1.60. The second-order valence-corrected chi connectivity index (χ2v) is 4.56. The highest BCUT2D eigenvalue weighted by atomic mass is 19.1. The average molecular weight is 280 g/mol. The molecule has 5 heteroatoms. The fraction of sp³-hybridized carbons (Fsp3) is 0.333. The Morgan fingerprint density at radius 2 is 2.10 bits per heavy atom. The normalized spacial score (nSPS) is 12.8. The Morgan fingerprint density at radius 1 is 1.30 bits per heavy atom. The van der Waals surface area contributed by atoms with E-state index in [9.17, 15) is 8.78 Å². The molecule has 1 atom stereocenters. The van der Waals surface area contributed by atoms with E-state index in [0.29, 0.717) is 18.7 Å². The second kappa shape index (κ2) is 6.63. The van der Waals surface area contributed by atoms with E-state index < -0.39 is 11.6 Å². The van der Waals surface area contributed by atoms with Crippen molar-refractivity contribution in [1.82, 2.24) is 4.90 Å². The number of likely N-dealkylation sites (N-methyl/N-ethyl adjacent to an activating group) is 1. The zero-order chi connectivity index (χ0) is 14.5. The fourth-order valence-electron chi connectivity index (χ4n) is 2.29. The van der Waals surface area contributed by atoms with Gasteiger partial charge in [0.15, 0.2) is 0 Å². The summed E-state index contributed by atoms with van der Waals surface area (Å²) in [4.78, 5) is 2.00. The van der Waals surface area contributed by atoms with Crippen LogP contribution in [0.4, 0.5) is 8.78 Å². The van der Waals surface area contributed by atoms with Gasteiger partial charge in [-0.3, -0.25) is 4.90 Å². The largest absolute Gasteiger partial charge is 0.468 e. The van der Waals surface area contributed by atoms with Crippen LogP contribution in [0.5, 0.6) is 0 Å². The van der Waals surface area contributed by atoms with Gasteiger partial charge in [0.05, 0.1) is 18.8 Å². The molecule has 3 nitrogen and oxygen atoms in total. The minimum Gasteiger partial charge on any atom is -0.468 e. The van der Waals surface area contributed by atoms with Crippen molar-refractivity contribution >= 4 is 0 Å². The third-order valence-electron chi connectivity index (χ3n) is 3.33. The molecule has 1 aromatic heterocycles. The number of hydrogen-bond donors (Lipinski definition) is 1. The molecule has 2 aromatic rings. The van der Waals surface area contributed by atoms with Crippen molar-refractivity contribution in [2.75, 3.05) is 13.1 Å². The molecule has 0 fully saturated rings. The molecule has 0 spiro atoms. The Balaban J connectivity index is 2.24. The summed E-state index contributed by atoms with van der Waals surface area (Å²) in [6.45, 7) is 3.42. The van der Waals surface area contributed by atoms with Crippen LogP contribution in [0.3, 0.4) is 0 Å². The number of benzene rings is 1. The molecule has 0 saturated carbocycles. The van der Waals surface area contributed by atoms with Gasteiger partial charge < -0.3 is 10.2 Å². The maximum Gasteiger partial charge on any atom is 0.130 e. The summed E-state index contributed by atoms with van der Waals surface area (Å²) in [6, 6.07) is 6.94. The van der Waals surface area contributed by atoms with Crippen molar-refractivity contribution in [3.63, 3.8) is 0 Å². The van der Waals surface area contributed by atoms with Gasteiger partial charge in [-0.05, 0) is 24.7 Å². The number of nitrogens with two attached hydrogens (primary N) is 1. The van der Waals surface area contributed by atoms with Gasteiger partial charge in [0, 0.05) is 18.2 Å². The molecule has 0 radical (unpaired) electrons. The fourth-order valence-corrected chi connectivity index (χ4v) is 2.29. The number of nitrogens with zero attached hydrogens (tertiary/aromatic N) is 1. The van der Waals surface area contributed by atoms with E-state index in [4.69, 9.17) is 10.2 Å². The Labute approximate surface area is 117 Å².